The quantitative estimate of drug-likeness (QED) is 0.530. The SMILES string of the molecule is F[CH]C(F)(F)CCCF. The number of hydrogen-bond acceptors (Lipinski definition) is 0. The molecule has 0 aromatic heterocycles. The third-order valence-corrected chi connectivity index (χ3v) is 0.803. The van der Waals surface area contributed by atoms with Gasteiger partial charge in [0, 0.05) is 6.42 Å². The molecule has 0 atom stereocenters. The van der Waals surface area contributed by atoms with Gasteiger partial charge in [0.15, 0.2) is 0 Å². The van der Waals surface area contributed by atoms with Crippen LogP contribution in [0, 0.1) is 6.67 Å². The fourth-order valence-electron chi connectivity index (χ4n) is 0.357. The third kappa shape index (κ3) is 4.24. The van der Waals surface area contributed by atoms with Crippen molar-refractivity contribution < 1.29 is 17.6 Å². The molecule has 0 saturated heterocycles. The Morgan fingerprint density at radius 1 is 1.33 bits per heavy atom. The van der Waals surface area contributed by atoms with Gasteiger partial charge in [-0.15, -0.1) is 0 Å². The second-order valence-electron chi connectivity index (χ2n) is 1.66. The second-order valence-corrected chi connectivity index (χ2v) is 1.66. The molecule has 0 aliphatic carbocycles. The zero-order valence-electron chi connectivity index (χ0n) is 4.71. The summed E-state index contributed by atoms with van der Waals surface area (Å²) < 4.78 is 45.8. The Labute approximate surface area is 50.9 Å². The van der Waals surface area contributed by atoms with Crippen LogP contribution in [-0.4, -0.2) is 12.6 Å². The van der Waals surface area contributed by atoms with Gasteiger partial charge in [-0.05, 0) is 6.42 Å². The lowest BCUT2D eigenvalue weighted by molar-refractivity contribution is 0.000335. The zero-order chi connectivity index (χ0) is 7.33. The van der Waals surface area contributed by atoms with Gasteiger partial charge in [0.25, 0.3) is 5.92 Å². The fourth-order valence-corrected chi connectivity index (χ4v) is 0.357. The molecule has 0 aliphatic rings. The Kier molecular flexibility index (Phi) is 3.58. The highest BCUT2D eigenvalue weighted by Crippen LogP contribution is 2.23. The lowest BCUT2D eigenvalue weighted by Crippen LogP contribution is -2.13. The minimum atomic E-state index is -3.44. The molecule has 0 spiro atoms. The van der Waals surface area contributed by atoms with E-state index in [1.807, 2.05) is 0 Å². The van der Waals surface area contributed by atoms with E-state index in [9.17, 15) is 17.6 Å². The van der Waals surface area contributed by atoms with Crippen molar-refractivity contribution in [1.82, 2.24) is 0 Å². The highest BCUT2D eigenvalue weighted by atomic mass is 19.3. The van der Waals surface area contributed by atoms with Gasteiger partial charge in [0.05, 0.1) is 6.67 Å². The molecule has 0 saturated carbocycles. The van der Waals surface area contributed by atoms with E-state index in [2.05, 4.69) is 0 Å². The molecule has 0 nitrogen and oxygen atoms in total. The van der Waals surface area contributed by atoms with Gasteiger partial charge in [0.2, 0.25) is 6.67 Å². The van der Waals surface area contributed by atoms with Crippen LogP contribution in [0.4, 0.5) is 17.6 Å². The molecule has 0 N–H and O–H groups in total. The van der Waals surface area contributed by atoms with Gasteiger partial charge in [-0.25, -0.2) is 13.2 Å². The molecule has 0 heterocycles. The zero-order valence-corrected chi connectivity index (χ0v) is 4.71. The smallest absolute Gasteiger partial charge is 0.251 e. The van der Waals surface area contributed by atoms with Crippen LogP contribution in [0.3, 0.4) is 0 Å². The molecule has 55 valence electrons. The van der Waals surface area contributed by atoms with E-state index in [0.29, 0.717) is 0 Å². The summed E-state index contributed by atoms with van der Waals surface area (Å²) in [6.07, 6.45) is -1.05. The maximum absolute atomic E-state index is 11.7. The van der Waals surface area contributed by atoms with E-state index in [0.717, 1.165) is 0 Å². The first-order chi connectivity index (χ1) is 4.12. The molecule has 1 radical (unpaired) electrons. The highest BCUT2D eigenvalue weighted by molar-refractivity contribution is 4.73. The number of hydrogen-bond donors (Lipinski definition) is 0. The van der Waals surface area contributed by atoms with Crippen molar-refractivity contribution in [2.45, 2.75) is 18.8 Å². The number of alkyl halides is 3. The Hall–Kier alpha value is -0.280. The van der Waals surface area contributed by atoms with E-state index in [-0.39, 0.29) is 6.42 Å². The van der Waals surface area contributed by atoms with Crippen molar-refractivity contribution in [2.75, 3.05) is 6.67 Å². The monoisotopic (exact) mass is 143 g/mol. The summed E-state index contributed by atoms with van der Waals surface area (Å²) in [6, 6.07) is 0. The maximum Gasteiger partial charge on any atom is 0.281 e. The van der Waals surface area contributed by atoms with Crippen LogP contribution in [0.5, 0.6) is 0 Å². The first-order valence-corrected chi connectivity index (χ1v) is 2.51. The fraction of sp³-hybridized carbons (Fsp3) is 0.800. The molecular formula is C5H7F4. The summed E-state index contributed by atoms with van der Waals surface area (Å²) in [4.78, 5) is 0. The van der Waals surface area contributed by atoms with E-state index < -0.39 is 25.7 Å². The van der Waals surface area contributed by atoms with Crippen molar-refractivity contribution in [3.8, 4) is 0 Å². The molecule has 0 amide bonds. The van der Waals surface area contributed by atoms with Crippen molar-refractivity contribution in [3.63, 3.8) is 0 Å². The normalized spacial score (nSPS) is 12.0. The molecule has 0 unspecified atom stereocenters. The lowest BCUT2D eigenvalue weighted by atomic mass is 10.2. The van der Waals surface area contributed by atoms with Crippen molar-refractivity contribution in [3.05, 3.63) is 6.67 Å². The average Bonchev–Trinajstić information content (AvgIpc) is 1.84. The Bertz CT molecular complexity index is 71.4. The van der Waals surface area contributed by atoms with Crippen molar-refractivity contribution >= 4 is 0 Å². The first-order valence-electron chi connectivity index (χ1n) is 2.51. The predicted octanol–water partition coefficient (Wildman–Crippen LogP) is 2.50. The Morgan fingerprint density at radius 2 is 1.89 bits per heavy atom. The summed E-state index contributed by atoms with van der Waals surface area (Å²) in [5.74, 6) is -3.44. The van der Waals surface area contributed by atoms with Crippen molar-refractivity contribution in [1.29, 1.82) is 0 Å². The van der Waals surface area contributed by atoms with Crippen LogP contribution >= 0.6 is 0 Å². The molecule has 0 bridgehead atoms. The summed E-state index contributed by atoms with van der Waals surface area (Å²) in [7, 11) is 0. The molecule has 0 fully saturated rings. The highest BCUT2D eigenvalue weighted by Gasteiger charge is 2.28. The summed E-state index contributed by atoms with van der Waals surface area (Å²) >= 11 is 0. The first kappa shape index (κ1) is 8.72. The van der Waals surface area contributed by atoms with Crippen LogP contribution in [-0.2, 0) is 0 Å². The standard InChI is InChI=1S/C5H7F4/c6-3-1-2-5(8,9)4-7/h4H,1-3H2. The van der Waals surface area contributed by atoms with Gasteiger partial charge >= 0.3 is 0 Å². The van der Waals surface area contributed by atoms with Crippen LogP contribution in [0.25, 0.3) is 0 Å². The minimum absolute atomic E-state index is 0.298. The second kappa shape index (κ2) is 3.69. The Morgan fingerprint density at radius 3 is 2.22 bits per heavy atom. The van der Waals surface area contributed by atoms with Crippen LogP contribution < -0.4 is 0 Å². The van der Waals surface area contributed by atoms with Crippen LogP contribution in [0.1, 0.15) is 12.8 Å². The van der Waals surface area contributed by atoms with E-state index >= 15 is 0 Å². The van der Waals surface area contributed by atoms with E-state index in [4.69, 9.17) is 0 Å². The molecule has 0 rings (SSSR count). The number of rotatable bonds is 4. The van der Waals surface area contributed by atoms with Gasteiger partial charge in [-0.2, -0.15) is 0 Å². The molecule has 0 aromatic carbocycles. The lowest BCUT2D eigenvalue weighted by Gasteiger charge is -2.08. The van der Waals surface area contributed by atoms with E-state index in [1.54, 1.807) is 0 Å². The van der Waals surface area contributed by atoms with Crippen molar-refractivity contribution in [2.24, 2.45) is 0 Å². The molecule has 0 aromatic rings. The Balaban J connectivity index is 3.33. The molecule has 9 heavy (non-hydrogen) atoms. The van der Waals surface area contributed by atoms with Gasteiger partial charge in [-0.3, -0.25) is 4.39 Å². The third-order valence-electron chi connectivity index (χ3n) is 0.803. The topological polar surface area (TPSA) is 0 Å². The average molecular weight is 143 g/mol. The minimum Gasteiger partial charge on any atom is -0.251 e. The largest absolute Gasteiger partial charge is 0.281 e. The molecular weight excluding hydrogens is 136 g/mol. The van der Waals surface area contributed by atoms with E-state index in [1.165, 1.54) is 0 Å². The van der Waals surface area contributed by atoms with Gasteiger partial charge < -0.3 is 0 Å². The molecule has 4 heteroatoms. The molecule has 0 aliphatic heterocycles. The van der Waals surface area contributed by atoms with Gasteiger partial charge in [-0.1, -0.05) is 0 Å². The summed E-state index contributed by atoms with van der Waals surface area (Å²) in [5.41, 5.74) is 0. The summed E-state index contributed by atoms with van der Waals surface area (Å²) in [6.45, 7) is -1.54. The van der Waals surface area contributed by atoms with Crippen LogP contribution in [0.15, 0.2) is 0 Å². The summed E-state index contributed by atoms with van der Waals surface area (Å²) in [5, 5.41) is 0. The number of halogens is 4. The van der Waals surface area contributed by atoms with Gasteiger partial charge in [0.1, 0.15) is 0 Å². The maximum atomic E-state index is 11.7. The predicted molar refractivity (Wildman–Crippen MR) is 25.6 cm³/mol. The van der Waals surface area contributed by atoms with Crippen LogP contribution in [0.2, 0.25) is 0 Å².